The van der Waals surface area contributed by atoms with Crippen LogP contribution in [0.4, 0.5) is 5.82 Å². The molecule has 0 aliphatic rings. The molecule has 0 amide bonds. The molecule has 2 aromatic heterocycles. The van der Waals surface area contributed by atoms with Gasteiger partial charge in [0.05, 0.1) is 0 Å². The Balaban J connectivity index is 2.40. The molecule has 2 aromatic rings. The smallest absolute Gasteiger partial charge is 0.339 e. The number of hydrogen-bond donors (Lipinski definition) is 1. The number of anilines is 1. The maximum Gasteiger partial charge on any atom is 0.339 e. The molecule has 2 rings (SSSR count). The Morgan fingerprint density at radius 2 is 2.21 bits per heavy atom. The van der Waals surface area contributed by atoms with Gasteiger partial charge in [-0.1, -0.05) is 0 Å². The van der Waals surface area contributed by atoms with Crippen LogP contribution in [0.25, 0.3) is 0 Å². The Morgan fingerprint density at radius 3 is 2.79 bits per heavy atom. The summed E-state index contributed by atoms with van der Waals surface area (Å²) in [7, 11) is 1.87. The second-order valence-corrected chi connectivity index (χ2v) is 5.35. The number of carboxylic acids is 1. The molecule has 0 atom stereocenters. The Labute approximate surface area is 116 Å². The van der Waals surface area contributed by atoms with Gasteiger partial charge in [-0.3, -0.25) is 0 Å². The lowest BCUT2D eigenvalue weighted by molar-refractivity contribution is 0.0696. The zero-order valence-corrected chi connectivity index (χ0v) is 12.0. The van der Waals surface area contributed by atoms with Crippen LogP contribution < -0.4 is 4.90 Å². The molecule has 100 valence electrons. The van der Waals surface area contributed by atoms with Gasteiger partial charge in [0.15, 0.2) is 0 Å². The number of aromatic nitrogens is 1. The van der Waals surface area contributed by atoms with Gasteiger partial charge in [-0.15, -0.1) is 0 Å². The average Bonchev–Trinajstić information content (AvgIpc) is 2.79. The Bertz CT molecular complexity index is 594. The van der Waals surface area contributed by atoms with E-state index in [1.165, 1.54) is 0 Å². The average molecular weight is 276 g/mol. The molecule has 4 nitrogen and oxygen atoms in total. The van der Waals surface area contributed by atoms with Crippen molar-refractivity contribution in [1.29, 1.82) is 0 Å². The standard InChI is InChI=1S/C14H16N2O2S/c1-9-6-10(2)15-13(12(9)14(17)18)16(3)7-11-4-5-19-8-11/h4-6,8H,7H2,1-3H3,(H,17,18). The summed E-state index contributed by atoms with van der Waals surface area (Å²) in [6, 6.07) is 3.83. The fourth-order valence-corrected chi connectivity index (χ4v) is 2.75. The van der Waals surface area contributed by atoms with E-state index in [0.717, 1.165) is 16.8 Å². The maximum atomic E-state index is 11.4. The number of aromatic carboxylic acids is 1. The predicted molar refractivity (Wildman–Crippen MR) is 77.1 cm³/mol. The van der Waals surface area contributed by atoms with Crippen LogP contribution in [0.3, 0.4) is 0 Å². The van der Waals surface area contributed by atoms with Gasteiger partial charge in [0.25, 0.3) is 0 Å². The van der Waals surface area contributed by atoms with Crippen LogP contribution >= 0.6 is 11.3 Å². The first-order chi connectivity index (χ1) is 8.99. The largest absolute Gasteiger partial charge is 0.478 e. The van der Waals surface area contributed by atoms with Crippen LogP contribution in [0, 0.1) is 13.8 Å². The number of nitrogens with zero attached hydrogens (tertiary/aromatic N) is 2. The number of thiophene rings is 1. The molecular weight excluding hydrogens is 260 g/mol. The second-order valence-electron chi connectivity index (χ2n) is 4.57. The third kappa shape index (κ3) is 2.93. The molecule has 0 aliphatic carbocycles. The zero-order chi connectivity index (χ0) is 14.0. The van der Waals surface area contributed by atoms with Crippen molar-refractivity contribution >= 4 is 23.1 Å². The molecule has 0 spiro atoms. The SMILES string of the molecule is Cc1cc(C)c(C(=O)O)c(N(C)Cc2ccsc2)n1. The van der Waals surface area contributed by atoms with Crippen LogP contribution in [-0.4, -0.2) is 23.1 Å². The van der Waals surface area contributed by atoms with Crippen molar-refractivity contribution in [1.82, 2.24) is 4.98 Å². The van der Waals surface area contributed by atoms with Crippen LogP contribution in [0.2, 0.25) is 0 Å². The first-order valence-corrected chi connectivity index (χ1v) is 6.87. The van der Waals surface area contributed by atoms with E-state index in [-0.39, 0.29) is 5.56 Å². The van der Waals surface area contributed by atoms with Gasteiger partial charge in [-0.25, -0.2) is 9.78 Å². The number of carboxylic acid groups (broad SMARTS) is 1. The molecule has 5 heteroatoms. The molecular formula is C14H16N2O2S. The summed E-state index contributed by atoms with van der Waals surface area (Å²) in [6.07, 6.45) is 0. The summed E-state index contributed by atoms with van der Waals surface area (Å²) < 4.78 is 0. The molecule has 0 fully saturated rings. The molecule has 0 aromatic carbocycles. The first-order valence-electron chi connectivity index (χ1n) is 5.92. The lowest BCUT2D eigenvalue weighted by Gasteiger charge is -2.21. The van der Waals surface area contributed by atoms with Gasteiger partial charge in [-0.05, 0) is 47.9 Å². The summed E-state index contributed by atoms with van der Waals surface area (Å²) in [4.78, 5) is 17.7. The lowest BCUT2D eigenvalue weighted by atomic mass is 10.1. The van der Waals surface area contributed by atoms with E-state index in [0.29, 0.717) is 12.4 Å². The van der Waals surface area contributed by atoms with E-state index >= 15 is 0 Å². The number of rotatable bonds is 4. The van der Waals surface area contributed by atoms with E-state index in [1.54, 1.807) is 24.3 Å². The Hall–Kier alpha value is -1.88. The molecule has 1 N–H and O–H groups in total. The van der Waals surface area contributed by atoms with Gasteiger partial charge >= 0.3 is 5.97 Å². The van der Waals surface area contributed by atoms with Crippen molar-refractivity contribution in [2.45, 2.75) is 20.4 Å². The van der Waals surface area contributed by atoms with Crippen LogP contribution in [-0.2, 0) is 6.54 Å². The first kappa shape index (κ1) is 13.5. The molecule has 0 bridgehead atoms. The molecule has 2 heterocycles. The van der Waals surface area contributed by atoms with Gasteiger partial charge < -0.3 is 10.0 Å². The molecule has 0 saturated carbocycles. The molecule has 0 radical (unpaired) electrons. The van der Waals surface area contributed by atoms with E-state index in [4.69, 9.17) is 0 Å². The summed E-state index contributed by atoms with van der Waals surface area (Å²) >= 11 is 1.63. The van der Waals surface area contributed by atoms with Crippen LogP contribution in [0.5, 0.6) is 0 Å². The van der Waals surface area contributed by atoms with Crippen molar-refractivity contribution in [3.63, 3.8) is 0 Å². The number of carbonyl (C=O) groups is 1. The second kappa shape index (κ2) is 5.40. The molecule has 0 aliphatic heterocycles. The minimum Gasteiger partial charge on any atom is -0.478 e. The number of hydrogen-bond acceptors (Lipinski definition) is 4. The van der Waals surface area contributed by atoms with Crippen LogP contribution in [0.1, 0.15) is 27.2 Å². The summed E-state index contributed by atoms with van der Waals surface area (Å²) in [5.74, 6) is -0.409. The fourth-order valence-electron chi connectivity index (χ4n) is 2.09. The Kier molecular flexibility index (Phi) is 3.85. The van der Waals surface area contributed by atoms with E-state index < -0.39 is 5.97 Å². The van der Waals surface area contributed by atoms with Gasteiger partial charge in [0.1, 0.15) is 11.4 Å². The summed E-state index contributed by atoms with van der Waals surface area (Å²) in [5.41, 5.74) is 3.01. The third-order valence-electron chi connectivity index (χ3n) is 2.90. The summed E-state index contributed by atoms with van der Waals surface area (Å²) in [6.45, 7) is 4.33. The molecule has 0 unspecified atom stereocenters. The lowest BCUT2D eigenvalue weighted by Crippen LogP contribution is -2.21. The topological polar surface area (TPSA) is 53.4 Å². The molecule has 19 heavy (non-hydrogen) atoms. The minimum atomic E-state index is -0.933. The van der Waals surface area contributed by atoms with Crippen molar-refractivity contribution in [3.8, 4) is 0 Å². The van der Waals surface area contributed by atoms with Crippen molar-refractivity contribution in [2.24, 2.45) is 0 Å². The van der Waals surface area contributed by atoms with E-state index in [1.807, 2.05) is 30.3 Å². The highest BCUT2D eigenvalue weighted by molar-refractivity contribution is 7.07. The highest BCUT2D eigenvalue weighted by atomic mass is 32.1. The highest BCUT2D eigenvalue weighted by Crippen LogP contribution is 2.23. The van der Waals surface area contributed by atoms with E-state index in [9.17, 15) is 9.90 Å². The van der Waals surface area contributed by atoms with Crippen molar-refractivity contribution in [3.05, 3.63) is 45.3 Å². The van der Waals surface area contributed by atoms with E-state index in [2.05, 4.69) is 10.4 Å². The van der Waals surface area contributed by atoms with Gasteiger partial charge in [-0.2, -0.15) is 11.3 Å². The third-order valence-corrected chi connectivity index (χ3v) is 3.63. The highest BCUT2D eigenvalue weighted by Gasteiger charge is 2.18. The normalized spacial score (nSPS) is 10.5. The zero-order valence-electron chi connectivity index (χ0n) is 11.2. The maximum absolute atomic E-state index is 11.4. The predicted octanol–water partition coefficient (Wildman–Crippen LogP) is 3.09. The van der Waals surface area contributed by atoms with Gasteiger partial charge in [0.2, 0.25) is 0 Å². The quantitative estimate of drug-likeness (QED) is 0.932. The van der Waals surface area contributed by atoms with Gasteiger partial charge in [0, 0.05) is 19.3 Å². The number of pyridine rings is 1. The van der Waals surface area contributed by atoms with Crippen molar-refractivity contribution in [2.75, 3.05) is 11.9 Å². The number of aryl methyl sites for hydroxylation is 2. The fraction of sp³-hybridized carbons (Fsp3) is 0.286. The monoisotopic (exact) mass is 276 g/mol. The van der Waals surface area contributed by atoms with Crippen LogP contribution in [0.15, 0.2) is 22.9 Å². The minimum absolute atomic E-state index is 0.281. The Morgan fingerprint density at radius 1 is 1.47 bits per heavy atom. The molecule has 0 saturated heterocycles. The van der Waals surface area contributed by atoms with Crippen molar-refractivity contribution < 1.29 is 9.90 Å². The summed E-state index contributed by atoms with van der Waals surface area (Å²) in [5, 5.41) is 13.4.